The van der Waals surface area contributed by atoms with Crippen molar-refractivity contribution in [2.45, 2.75) is 6.54 Å². The van der Waals surface area contributed by atoms with Gasteiger partial charge in [0.1, 0.15) is 5.69 Å². The second-order valence-electron chi connectivity index (χ2n) is 3.94. The maximum atomic E-state index is 11.0. The van der Waals surface area contributed by atoms with Crippen LogP contribution in [-0.2, 0) is 6.54 Å². The van der Waals surface area contributed by atoms with Crippen molar-refractivity contribution in [3.8, 4) is 5.88 Å². The van der Waals surface area contributed by atoms with Crippen LogP contribution < -0.4 is 10.1 Å². The molecule has 0 atom stereocenters. The Morgan fingerprint density at radius 2 is 2.25 bits per heavy atom. The SMILES string of the molecule is COc1ncccc1CNc1ccc(Cl)cc1[N+](=O)[O-]. The van der Waals surface area contributed by atoms with Crippen molar-refractivity contribution in [1.82, 2.24) is 4.98 Å². The van der Waals surface area contributed by atoms with Crippen molar-refractivity contribution in [2.24, 2.45) is 0 Å². The zero-order valence-electron chi connectivity index (χ0n) is 10.7. The molecule has 7 heteroatoms. The van der Waals surface area contributed by atoms with Gasteiger partial charge in [0.15, 0.2) is 0 Å². The molecular formula is C13H12ClN3O3. The van der Waals surface area contributed by atoms with Crippen LogP contribution >= 0.6 is 11.6 Å². The van der Waals surface area contributed by atoms with E-state index >= 15 is 0 Å². The third kappa shape index (κ3) is 3.16. The molecule has 0 aliphatic carbocycles. The molecule has 0 saturated carbocycles. The van der Waals surface area contributed by atoms with Crippen LogP contribution in [0.2, 0.25) is 5.02 Å². The van der Waals surface area contributed by atoms with Gasteiger partial charge in [-0.1, -0.05) is 17.7 Å². The number of rotatable bonds is 5. The molecule has 0 spiro atoms. The molecular weight excluding hydrogens is 282 g/mol. The Hall–Kier alpha value is -2.34. The molecule has 6 nitrogen and oxygen atoms in total. The highest BCUT2D eigenvalue weighted by Gasteiger charge is 2.14. The van der Waals surface area contributed by atoms with E-state index in [2.05, 4.69) is 10.3 Å². The zero-order chi connectivity index (χ0) is 14.5. The van der Waals surface area contributed by atoms with Crippen molar-refractivity contribution in [3.63, 3.8) is 0 Å². The van der Waals surface area contributed by atoms with Crippen LogP contribution in [0, 0.1) is 10.1 Å². The second-order valence-corrected chi connectivity index (χ2v) is 4.38. The fourth-order valence-electron chi connectivity index (χ4n) is 1.74. The third-order valence-corrected chi connectivity index (χ3v) is 2.90. The normalized spacial score (nSPS) is 10.1. The number of nitrogens with zero attached hydrogens (tertiary/aromatic N) is 2. The summed E-state index contributed by atoms with van der Waals surface area (Å²) in [7, 11) is 1.52. The highest BCUT2D eigenvalue weighted by atomic mass is 35.5. The van der Waals surface area contributed by atoms with E-state index in [0.29, 0.717) is 23.1 Å². The largest absolute Gasteiger partial charge is 0.481 e. The van der Waals surface area contributed by atoms with Crippen LogP contribution in [0.1, 0.15) is 5.56 Å². The summed E-state index contributed by atoms with van der Waals surface area (Å²) in [5.74, 6) is 0.483. The van der Waals surface area contributed by atoms with E-state index in [9.17, 15) is 10.1 Å². The number of hydrogen-bond donors (Lipinski definition) is 1. The lowest BCUT2D eigenvalue weighted by Crippen LogP contribution is -2.04. The number of pyridine rings is 1. The molecule has 0 saturated heterocycles. The third-order valence-electron chi connectivity index (χ3n) is 2.67. The molecule has 1 N–H and O–H groups in total. The van der Waals surface area contributed by atoms with E-state index in [-0.39, 0.29) is 5.69 Å². The monoisotopic (exact) mass is 293 g/mol. The minimum atomic E-state index is -0.477. The van der Waals surface area contributed by atoms with Crippen molar-refractivity contribution in [2.75, 3.05) is 12.4 Å². The predicted octanol–water partition coefficient (Wildman–Crippen LogP) is 3.26. The fraction of sp³-hybridized carbons (Fsp3) is 0.154. The molecule has 2 rings (SSSR count). The highest BCUT2D eigenvalue weighted by molar-refractivity contribution is 6.30. The lowest BCUT2D eigenvalue weighted by Gasteiger charge is -2.09. The van der Waals surface area contributed by atoms with Gasteiger partial charge in [-0.3, -0.25) is 10.1 Å². The topological polar surface area (TPSA) is 77.3 Å². The first-order chi connectivity index (χ1) is 9.61. The van der Waals surface area contributed by atoms with Crippen LogP contribution in [0.25, 0.3) is 0 Å². The quantitative estimate of drug-likeness (QED) is 0.676. The predicted molar refractivity (Wildman–Crippen MR) is 76.2 cm³/mol. The average Bonchev–Trinajstić information content (AvgIpc) is 2.46. The molecule has 0 aliphatic rings. The number of ether oxygens (including phenoxy) is 1. The summed E-state index contributed by atoms with van der Waals surface area (Å²) in [4.78, 5) is 14.6. The van der Waals surface area contributed by atoms with Gasteiger partial charge in [0.05, 0.1) is 12.0 Å². The maximum Gasteiger partial charge on any atom is 0.293 e. The molecule has 104 valence electrons. The Morgan fingerprint density at radius 1 is 1.45 bits per heavy atom. The number of hydrogen-bond acceptors (Lipinski definition) is 5. The molecule has 20 heavy (non-hydrogen) atoms. The summed E-state index contributed by atoms with van der Waals surface area (Å²) < 4.78 is 5.12. The molecule has 0 fully saturated rings. The number of anilines is 1. The maximum absolute atomic E-state index is 11.0. The van der Waals surface area contributed by atoms with Crippen LogP contribution in [0.15, 0.2) is 36.5 Å². The van der Waals surface area contributed by atoms with E-state index in [0.717, 1.165) is 5.56 Å². The van der Waals surface area contributed by atoms with Crippen molar-refractivity contribution < 1.29 is 9.66 Å². The Labute approximate surface area is 120 Å². The molecule has 1 aromatic carbocycles. The Kier molecular flexibility index (Phi) is 4.37. The van der Waals surface area contributed by atoms with Gasteiger partial charge in [-0.25, -0.2) is 4.98 Å². The number of methoxy groups -OCH3 is 1. The first kappa shape index (κ1) is 14.1. The fourth-order valence-corrected chi connectivity index (χ4v) is 1.90. The van der Waals surface area contributed by atoms with Gasteiger partial charge in [-0.05, 0) is 18.2 Å². The first-order valence-electron chi connectivity index (χ1n) is 5.77. The molecule has 0 bridgehead atoms. The van der Waals surface area contributed by atoms with Gasteiger partial charge in [0.25, 0.3) is 5.69 Å². The van der Waals surface area contributed by atoms with Crippen LogP contribution in [0.5, 0.6) is 5.88 Å². The van der Waals surface area contributed by atoms with Gasteiger partial charge in [-0.15, -0.1) is 0 Å². The van der Waals surface area contributed by atoms with E-state index in [1.54, 1.807) is 24.4 Å². The van der Waals surface area contributed by atoms with Crippen molar-refractivity contribution in [3.05, 3.63) is 57.2 Å². The first-order valence-corrected chi connectivity index (χ1v) is 6.15. The van der Waals surface area contributed by atoms with E-state index < -0.39 is 4.92 Å². The molecule has 0 amide bonds. The van der Waals surface area contributed by atoms with Gasteiger partial charge < -0.3 is 10.1 Å². The summed E-state index contributed by atoms with van der Waals surface area (Å²) in [6, 6.07) is 8.08. The molecule has 0 aliphatic heterocycles. The Morgan fingerprint density at radius 3 is 2.95 bits per heavy atom. The lowest BCUT2D eigenvalue weighted by atomic mass is 10.2. The summed E-state index contributed by atoms with van der Waals surface area (Å²) in [5, 5.41) is 14.3. The van der Waals surface area contributed by atoms with Crippen LogP contribution in [-0.4, -0.2) is 17.0 Å². The number of halogens is 1. The van der Waals surface area contributed by atoms with Gasteiger partial charge in [0, 0.05) is 29.4 Å². The van der Waals surface area contributed by atoms with Gasteiger partial charge in [-0.2, -0.15) is 0 Å². The van der Waals surface area contributed by atoms with E-state index in [4.69, 9.17) is 16.3 Å². The molecule has 0 unspecified atom stereocenters. The van der Waals surface area contributed by atoms with Gasteiger partial charge in [0.2, 0.25) is 5.88 Å². The summed E-state index contributed by atoms with van der Waals surface area (Å²) >= 11 is 5.76. The van der Waals surface area contributed by atoms with Crippen LogP contribution in [0.3, 0.4) is 0 Å². The number of nitro groups is 1. The van der Waals surface area contributed by atoms with Crippen molar-refractivity contribution in [1.29, 1.82) is 0 Å². The molecule has 1 aromatic heterocycles. The highest BCUT2D eigenvalue weighted by Crippen LogP contribution is 2.28. The lowest BCUT2D eigenvalue weighted by molar-refractivity contribution is -0.383. The summed E-state index contributed by atoms with van der Waals surface area (Å²) in [5.41, 5.74) is 1.13. The average molecular weight is 294 g/mol. The summed E-state index contributed by atoms with van der Waals surface area (Å²) in [6.07, 6.45) is 1.62. The molecule has 1 heterocycles. The van der Waals surface area contributed by atoms with E-state index in [1.807, 2.05) is 6.07 Å². The minimum Gasteiger partial charge on any atom is -0.481 e. The van der Waals surface area contributed by atoms with E-state index in [1.165, 1.54) is 13.2 Å². The molecule has 0 radical (unpaired) electrons. The number of nitro benzene ring substituents is 1. The van der Waals surface area contributed by atoms with Crippen LogP contribution in [0.4, 0.5) is 11.4 Å². The minimum absolute atomic E-state index is 0.0691. The molecule has 2 aromatic rings. The standard InChI is InChI=1S/C13H12ClN3O3/c1-20-13-9(3-2-6-15-13)8-16-11-5-4-10(14)7-12(11)17(18)19/h2-7,16H,8H2,1H3. The zero-order valence-corrected chi connectivity index (χ0v) is 11.4. The smallest absolute Gasteiger partial charge is 0.293 e. The number of nitrogens with one attached hydrogen (secondary N) is 1. The number of aromatic nitrogens is 1. The Bertz CT molecular complexity index is 634. The second kappa shape index (κ2) is 6.21. The van der Waals surface area contributed by atoms with Gasteiger partial charge >= 0.3 is 0 Å². The Balaban J connectivity index is 2.21. The van der Waals surface area contributed by atoms with Crippen molar-refractivity contribution >= 4 is 23.0 Å². The summed E-state index contributed by atoms with van der Waals surface area (Å²) in [6.45, 7) is 0.361. The number of benzene rings is 1.